The van der Waals surface area contributed by atoms with Gasteiger partial charge in [0.1, 0.15) is 11.6 Å². The number of anilines is 2. The molecule has 2 amide bonds. The number of amides is 2. The second kappa shape index (κ2) is 11.8. The predicted molar refractivity (Wildman–Crippen MR) is 132 cm³/mol. The highest BCUT2D eigenvalue weighted by molar-refractivity contribution is 5.99. The number of piperidine rings is 1. The van der Waals surface area contributed by atoms with Crippen molar-refractivity contribution in [1.82, 2.24) is 15.3 Å². The number of ether oxygens (including phenoxy) is 1. The van der Waals surface area contributed by atoms with Crippen LogP contribution in [0.3, 0.4) is 0 Å². The van der Waals surface area contributed by atoms with Crippen molar-refractivity contribution in [2.45, 2.75) is 58.9 Å². The van der Waals surface area contributed by atoms with Gasteiger partial charge in [-0.05, 0) is 50.5 Å². The summed E-state index contributed by atoms with van der Waals surface area (Å²) in [5.41, 5.74) is 1.53. The summed E-state index contributed by atoms with van der Waals surface area (Å²) in [4.78, 5) is 35.7. The van der Waals surface area contributed by atoms with Crippen LogP contribution in [0.25, 0.3) is 0 Å². The van der Waals surface area contributed by atoms with Gasteiger partial charge in [0.05, 0.1) is 17.7 Å². The summed E-state index contributed by atoms with van der Waals surface area (Å²) in [6.45, 7) is 6.34. The van der Waals surface area contributed by atoms with E-state index in [4.69, 9.17) is 4.74 Å². The molecule has 0 aliphatic carbocycles. The third kappa shape index (κ3) is 8.04. The van der Waals surface area contributed by atoms with Crippen LogP contribution in [0, 0.1) is 12.8 Å². The van der Waals surface area contributed by atoms with Crippen molar-refractivity contribution in [3.8, 4) is 5.88 Å². The number of aromatic nitrogens is 2. The third-order valence-corrected chi connectivity index (χ3v) is 5.84. The molecule has 37 heavy (non-hydrogen) atoms. The van der Waals surface area contributed by atoms with Crippen molar-refractivity contribution in [2.24, 2.45) is 5.92 Å². The Balaban J connectivity index is 1.83. The van der Waals surface area contributed by atoms with Crippen LogP contribution in [0.5, 0.6) is 5.88 Å². The molecule has 2 aromatic heterocycles. The minimum atomic E-state index is -4.53. The van der Waals surface area contributed by atoms with E-state index in [1.165, 1.54) is 12.1 Å². The first-order chi connectivity index (χ1) is 17.3. The molecule has 3 rings (SSSR count). The van der Waals surface area contributed by atoms with Crippen molar-refractivity contribution in [1.29, 1.82) is 0 Å². The van der Waals surface area contributed by atoms with Crippen molar-refractivity contribution in [3.05, 3.63) is 41.1 Å². The van der Waals surface area contributed by atoms with E-state index < -0.39 is 30.8 Å². The largest absolute Gasteiger partial charge is 0.468 e. The first kappa shape index (κ1) is 28.2. The number of halogens is 3. The molecule has 2 aromatic rings. The summed E-state index contributed by atoms with van der Waals surface area (Å²) in [6, 6.07) is 5.59. The molecular formula is C25H32F3N5O4. The Morgan fingerprint density at radius 3 is 2.46 bits per heavy atom. The number of aliphatic hydroxyl groups is 1. The Morgan fingerprint density at radius 2 is 1.84 bits per heavy atom. The highest BCUT2D eigenvalue weighted by Crippen LogP contribution is 2.27. The number of alkyl halides is 3. The van der Waals surface area contributed by atoms with Crippen molar-refractivity contribution in [2.75, 3.05) is 29.9 Å². The molecule has 0 saturated carbocycles. The molecule has 0 spiro atoms. The quantitative estimate of drug-likeness (QED) is 0.482. The second-order valence-corrected chi connectivity index (χ2v) is 9.41. The zero-order valence-electron chi connectivity index (χ0n) is 21.2. The molecule has 0 radical (unpaired) electrons. The molecule has 202 valence electrons. The molecule has 1 aliphatic heterocycles. The number of carbonyl (C=O) groups is 2. The molecule has 3 N–H and O–H groups in total. The number of nitrogens with zero attached hydrogens (tertiary/aromatic N) is 3. The van der Waals surface area contributed by atoms with Crippen LogP contribution >= 0.6 is 0 Å². The number of carbonyl (C=O) groups excluding carboxylic acids is 2. The Bertz CT molecular complexity index is 1120. The number of nitrogens with one attached hydrogen (secondary N) is 2. The summed E-state index contributed by atoms with van der Waals surface area (Å²) in [7, 11) is 0. The SMILES string of the molecule is Cc1cc(C(C)NC(=O)c2ccc(OCC(F)(F)F)nc2N2CCC(O)CC2)cc(NC(=O)C(C)C)n1. The number of hydrogen-bond donors (Lipinski definition) is 3. The van der Waals surface area contributed by atoms with E-state index in [0.717, 1.165) is 0 Å². The fourth-order valence-electron chi connectivity index (χ4n) is 3.80. The minimum absolute atomic E-state index is 0.168. The molecule has 1 unspecified atom stereocenters. The highest BCUT2D eigenvalue weighted by Gasteiger charge is 2.30. The Hall–Kier alpha value is -3.41. The lowest BCUT2D eigenvalue weighted by Crippen LogP contribution is -2.38. The lowest BCUT2D eigenvalue weighted by atomic mass is 10.1. The number of aryl methyl sites for hydroxylation is 1. The maximum atomic E-state index is 13.3. The van der Waals surface area contributed by atoms with E-state index in [9.17, 15) is 27.9 Å². The van der Waals surface area contributed by atoms with Crippen LogP contribution in [0.15, 0.2) is 24.3 Å². The molecule has 0 bridgehead atoms. The standard InChI is InChI=1S/C25H32F3N5O4/c1-14(2)23(35)31-20-12-17(11-15(3)29-20)16(4)30-24(36)19-5-6-21(37-13-25(26,27)28)32-22(19)33-9-7-18(34)8-10-33/h5-6,11-12,14,16,18,34H,7-10,13H2,1-4H3,(H,30,36)(H,29,31,35). The van der Waals surface area contributed by atoms with Gasteiger partial charge in [0.2, 0.25) is 11.8 Å². The lowest BCUT2D eigenvalue weighted by molar-refractivity contribution is -0.154. The molecule has 0 aromatic carbocycles. The van der Waals surface area contributed by atoms with E-state index in [1.54, 1.807) is 44.7 Å². The zero-order valence-corrected chi connectivity index (χ0v) is 21.2. The first-order valence-corrected chi connectivity index (χ1v) is 12.1. The molecule has 3 heterocycles. The van der Waals surface area contributed by atoms with E-state index in [-0.39, 0.29) is 29.1 Å². The number of rotatable bonds is 8. The van der Waals surface area contributed by atoms with Crippen LogP contribution < -0.4 is 20.3 Å². The van der Waals surface area contributed by atoms with Gasteiger partial charge in [-0.15, -0.1) is 0 Å². The summed E-state index contributed by atoms with van der Waals surface area (Å²) < 4.78 is 42.7. The number of aliphatic hydroxyl groups excluding tert-OH is 1. The Morgan fingerprint density at radius 1 is 1.16 bits per heavy atom. The van der Waals surface area contributed by atoms with Gasteiger partial charge in [-0.25, -0.2) is 4.98 Å². The third-order valence-electron chi connectivity index (χ3n) is 5.84. The van der Waals surface area contributed by atoms with Crippen LogP contribution in [0.1, 0.15) is 61.3 Å². The van der Waals surface area contributed by atoms with Crippen molar-refractivity contribution < 1.29 is 32.6 Å². The van der Waals surface area contributed by atoms with Gasteiger partial charge in [0.15, 0.2) is 6.61 Å². The van der Waals surface area contributed by atoms with Crippen molar-refractivity contribution >= 4 is 23.5 Å². The summed E-state index contributed by atoms with van der Waals surface area (Å²) in [6.07, 6.45) is -4.14. The average Bonchev–Trinajstić information content (AvgIpc) is 2.82. The van der Waals surface area contributed by atoms with Gasteiger partial charge < -0.3 is 25.4 Å². The van der Waals surface area contributed by atoms with E-state index in [0.29, 0.717) is 43.0 Å². The normalized spacial score (nSPS) is 15.4. The van der Waals surface area contributed by atoms with Crippen LogP contribution in [-0.4, -0.2) is 58.9 Å². The molecule has 1 fully saturated rings. The fourth-order valence-corrected chi connectivity index (χ4v) is 3.80. The molecule has 9 nitrogen and oxygen atoms in total. The van der Waals surface area contributed by atoms with Gasteiger partial charge in [0, 0.05) is 30.8 Å². The summed E-state index contributed by atoms with van der Waals surface area (Å²) in [5.74, 6) is -0.588. The molecule has 1 aliphatic rings. The van der Waals surface area contributed by atoms with E-state index in [2.05, 4.69) is 20.6 Å². The van der Waals surface area contributed by atoms with Crippen molar-refractivity contribution in [3.63, 3.8) is 0 Å². The minimum Gasteiger partial charge on any atom is -0.468 e. The number of hydrogen-bond acceptors (Lipinski definition) is 7. The lowest BCUT2D eigenvalue weighted by Gasteiger charge is -2.32. The van der Waals surface area contributed by atoms with Crippen LogP contribution in [-0.2, 0) is 4.79 Å². The monoisotopic (exact) mass is 523 g/mol. The van der Waals surface area contributed by atoms with E-state index >= 15 is 0 Å². The maximum absolute atomic E-state index is 13.3. The Labute approximate surface area is 213 Å². The van der Waals surface area contributed by atoms with Gasteiger partial charge in [-0.1, -0.05) is 13.8 Å². The molecular weight excluding hydrogens is 491 g/mol. The van der Waals surface area contributed by atoms with Gasteiger partial charge in [-0.3, -0.25) is 9.59 Å². The second-order valence-electron chi connectivity index (χ2n) is 9.41. The number of pyridine rings is 2. The van der Waals surface area contributed by atoms with Gasteiger partial charge in [0.25, 0.3) is 5.91 Å². The fraction of sp³-hybridized carbons (Fsp3) is 0.520. The van der Waals surface area contributed by atoms with E-state index in [1.807, 2.05) is 0 Å². The first-order valence-electron chi connectivity index (χ1n) is 12.1. The van der Waals surface area contributed by atoms with Crippen LogP contribution in [0.4, 0.5) is 24.8 Å². The zero-order chi connectivity index (χ0) is 27.3. The van der Waals surface area contributed by atoms with Gasteiger partial charge in [-0.2, -0.15) is 18.2 Å². The summed E-state index contributed by atoms with van der Waals surface area (Å²) >= 11 is 0. The molecule has 1 atom stereocenters. The molecule has 1 saturated heterocycles. The van der Waals surface area contributed by atoms with Gasteiger partial charge >= 0.3 is 6.18 Å². The molecule has 12 heteroatoms. The summed E-state index contributed by atoms with van der Waals surface area (Å²) in [5, 5.41) is 15.5. The maximum Gasteiger partial charge on any atom is 0.422 e. The average molecular weight is 524 g/mol. The van der Waals surface area contributed by atoms with Crippen LogP contribution in [0.2, 0.25) is 0 Å². The predicted octanol–water partition coefficient (Wildman–Crippen LogP) is 3.77. The smallest absolute Gasteiger partial charge is 0.422 e. The Kier molecular flexibility index (Phi) is 8.95. The topological polar surface area (TPSA) is 117 Å². The highest BCUT2D eigenvalue weighted by atomic mass is 19.4.